The molecule has 3 atom stereocenters. The number of epoxide rings is 1. The minimum atomic E-state index is -0.345. The lowest BCUT2D eigenvalue weighted by Crippen LogP contribution is -2.37. The molecule has 0 saturated carbocycles. The Bertz CT molecular complexity index is 444. The summed E-state index contributed by atoms with van der Waals surface area (Å²) in [6, 6.07) is 9.94. The average molecular weight is 248 g/mol. The molecule has 0 spiro atoms. The smallest absolute Gasteiger partial charge is 0.338 e. The molecule has 2 aliphatic heterocycles. The van der Waals surface area contributed by atoms with Crippen LogP contribution in [0, 0.1) is 0 Å². The van der Waals surface area contributed by atoms with Crippen LogP contribution in [0.4, 0.5) is 0 Å². The first-order valence-electron chi connectivity index (χ1n) is 6.17. The van der Waals surface area contributed by atoms with E-state index in [1.807, 2.05) is 37.3 Å². The van der Waals surface area contributed by atoms with Crippen molar-refractivity contribution in [3.63, 3.8) is 0 Å². The Balaban J connectivity index is 1.48. The molecule has 2 fully saturated rings. The van der Waals surface area contributed by atoms with Crippen molar-refractivity contribution in [3.05, 3.63) is 35.9 Å². The van der Waals surface area contributed by atoms with Gasteiger partial charge in [-0.15, -0.1) is 0 Å². The van der Waals surface area contributed by atoms with Gasteiger partial charge in [-0.2, -0.15) is 0 Å². The Labute approximate surface area is 106 Å². The zero-order valence-corrected chi connectivity index (χ0v) is 10.3. The number of hydrogen-bond donors (Lipinski definition) is 0. The van der Waals surface area contributed by atoms with E-state index in [9.17, 15) is 4.79 Å². The topological polar surface area (TPSA) is 48.1 Å². The highest BCUT2D eigenvalue weighted by atomic mass is 16.7. The molecule has 1 aromatic carbocycles. The Kier molecular flexibility index (Phi) is 2.84. The largest absolute Gasteiger partial charge is 0.458 e. The van der Waals surface area contributed by atoms with Crippen LogP contribution in [0.1, 0.15) is 18.9 Å². The van der Waals surface area contributed by atoms with E-state index in [0.29, 0.717) is 13.2 Å². The Hall–Kier alpha value is -1.39. The molecule has 2 saturated heterocycles. The van der Waals surface area contributed by atoms with Gasteiger partial charge in [-0.25, -0.2) is 4.79 Å². The molecular weight excluding hydrogens is 232 g/mol. The normalized spacial score (nSPS) is 33.7. The lowest BCUT2D eigenvalue weighted by Gasteiger charge is -2.23. The third-order valence-electron chi connectivity index (χ3n) is 3.43. The van der Waals surface area contributed by atoms with Crippen molar-refractivity contribution in [3.8, 4) is 0 Å². The number of rotatable bonds is 4. The fourth-order valence-corrected chi connectivity index (χ4v) is 2.38. The number of cyclic esters (lactones) is 1. The number of esters is 1. The fourth-order valence-electron chi connectivity index (χ4n) is 2.38. The van der Waals surface area contributed by atoms with Crippen molar-refractivity contribution in [1.82, 2.24) is 0 Å². The van der Waals surface area contributed by atoms with E-state index < -0.39 is 0 Å². The van der Waals surface area contributed by atoms with Crippen LogP contribution in [0.5, 0.6) is 0 Å². The average Bonchev–Trinajstić information content (AvgIpc) is 3.03. The van der Waals surface area contributed by atoms with Gasteiger partial charge in [0.25, 0.3) is 0 Å². The third kappa shape index (κ3) is 2.26. The van der Waals surface area contributed by atoms with Gasteiger partial charge in [0.05, 0.1) is 13.2 Å². The molecule has 0 radical (unpaired) electrons. The van der Waals surface area contributed by atoms with Crippen LogP contribution in [0.15, 0.2) is 30.3 Å². The van der Waals surface area contributed by atoms with E-state index in [0.717, 1.165) is 12.0 Å². The summed E-state index contributed by atoms with van der Waals surface area (Å²) in [5.74, 6) is -0.253. The molecule has 0 aromatic heterocycles. The molecule has 0 amide bonds. The summed E-state index contributed by atoms with van der Waals surface area (Å²) in [4.78, 5) is 11.5. The quantitative estimate of drug-likeness (QED) is 0.601. The molecule has 2 aliphatic rings. The molecule has 0 aliphatic carbocycles. The summed E-state index contributed by atoms with van der Waals surface area (Å²) < 4.78 is 16.2. The molecule has 0 bridgehead atoms. The van der Waals surface area contributed by atoms with E-state index in [-0.39, 0.29) is 23.8 Å². The summed E-state index contributed by atoms with van der Waals surface area (Å²) in [6.45, 7) is 2.91. The first-order valence-corrected chi connectivity index (χ1v) is 6.17. The van der Waals surface area contributed by atoms with Crippen LogP contribution in [-0.2, 0) is 25.6 Å². The summed E-state index contributed by atoms with van der Waals surface area (Å²) in [6.07, 6.45) is 0.186. The number of carbonyl (C=O) groups is 1. The molecule has 4 heteroatoms. The van der Waals surface area contributed by atoms with Crippen LogP contribution in [0.3, 0.4) is 0 Å². The molecule has 18 heavy (non-hydrogen) atoms. The van der Waals surface area contributed by atoms with Crippen molar-refractivity contribution >= 4 is 5.97 Å². The van der Waals surface area contributed by atoms with Crippen LogP contribution in [-0.4, -0.2) is 30.4 Å². The highest BCUT2D eigenvalue weighted by Crippen LogP contribution is 2.45. The van der Waals surface area contributed by atoms with Gasteiger partial charge in [-0.3, -0.25) is 0 Å². The molecule has 96 valence electrons. The second-order valence-electron chi connectivity index (χ2n) is 5.07. The molecule has 3 unspecified atom stereocenters. The molecule has 0 N–H and O–H groups in total. The summed E-state index contributed by atoms with van der Waals surface area (Å²) >= 11 is 0. The van der Waals surface area contributed by atoms with Crippen LogP contribution >= 0.6 is 0 Å². The lowest BCUT2D eigenvalue weighted by molar-refractivity contribution is -0.156. The first-order chi connectivity index (χ1) is 8.67. The highest BCUT2D eigenvalue weighted by Gasteiger charge is 2.62. The highest BCUT2D eigenvalue weighted by molar-refractivity contribution is 5.80. The number of ether oxygens (including phenoxy) is 3. The molecule has 1 aromatic rings. The second kappa shape index (κ2) is 4.37. The van der Waals surface area contributed by atoms with Gasteiger partial charge in [0.2, 0.25) is 0 Å². The molecule has 4 nitrogen and oxygen atoms in total. The van der Waals surface area contributed by atoms with Crippen molar-refractivity contribution in [2.24, 2.45) is 0 Å². The maximum Gasteiger partial charge on any atom is 0.338 e. The standard InChI is InChI=1S/C14H16O4/c1-14-7-11(17-13(15)12(14)18-14)9-16-8-10-5-3-2-4-6-10/h2-6,11-12H,7-9H2,1H3. The number of hydrogen-bond acceptors (Lipinski definition) is 4. The Morgan fingerprint density at radius 2 is 2.17 bits per heavy atom. The molecule has 3 rings (SSSR count). The van der Waals surface area contributed by atoms with E-state index in [1.54, 1.807) is 0 Å². The van der Waals surface area contributed by atoms with Gasteiger partial charge >= 0.3 is 5.97 Å². The minimum absolute atomic E-state index is 0.190. The SMILES string of the molecule is CC12CC(COCc3ccccc3)OC(=O)C1O2. The van der Waals surface area contributed by atoms with Gasteiger partial charge < -0.3 is 14.2 Å². The van der Waals surface area contributed by atoms with Crippen LogP contribution in [0.25, 0.3) is 0 Å². The van der Waals surface area contributed by atoms with E-state index >= 15 is 0 Å². The van der Waals surface area contributed by atoms with E-state index in [2.05, 4.69) is 0 Å². The van der Waals surface area contributed by atoms with Gasteiger partial charge in [-0.05, 0) is 12.5 Å². The first kappa shape index (κ1) is 11.7. The predicted molar refractivity (Wildman–Crippen MR) is 63.9 cm³/mol. The van der Waals surface area contributed by atoms with Crippen LogP contribution < -0.4 is 0 Å². The van der Waals surface area contributed by atoms with Crippen molar-refractivity contribution in [1.29, 1.82) is 0 Å². The summed E-state index contributed by atoms with van der Waals surface area (Å²) in [5, 5.41) is 0. The van der Waals surface area contributed by atoms with Crippen molar-refractivity contribution in [2.45, 2.75) is 37.8 Å². The third-order valence-corrected chi connectivity index (χ3v) is 3.43. The summed E-state index contributed by atoms with van der Waals surface area (Å²) in [5.41, 5.74) is 0.808. The number of fused-ring (bicyclic) bond motifs is 1. The maximum absolute atomic E-state index is 11.5. The fraction of sp³-hybridized carbons (Fsp3) is 0.500. The van der Waals surface area contributed by atoms with Gasteiger partial charge in [0.1, 0.15) is 11.7 Å². The zero-order chi connectivity index (χ0) is 12.6. The monoisotopic (exact) mass is 248 g/mol. The maximum atomic E-state index is 11.5. The predicted octanol–water partition coefficient (Wildman–Crippen LogP) is 1.68. The van der Waals surface area contributed by atoms with E-state index in [4.69, 9.17) is 14.2 Å². The van der Waals surface area contributed by atoms with E-state index in [1.165, 1.54) is 0 Å². The van der Waals surface area contributed by atoms with Gasteiger partial charge in [0, 0.05) is 6.42 Å². The van der Waals surface area contributed by atoms with Gasteiger partial charge in [-0.1, -0.05) is 30.3 Å². The molecule has 2 heterocycles. The van der Waals surface area contributed by atoms with Gasteiger partial charge in [0.15, 0.2) is 6.10 Å². The Morgan fingerprint density at radius 3 is 2.89 bits per heavy atom. The van der Waals surface area contributed by atoms with Crippen molar-refractivity contribution < 1.29 is 19.0 Å². The zero-order valence-electron chi connectivity index (χ0n) is 10.3. The number of carbonyl (C=O) groups excluding carboxylic acids is 1. The Morgan fingerprint density at radius 1 is 1.39 bits per heavy atom. The molecular formula is C14H16O4. The minimum Gasteiger partial charge on any atom is -0.458 e. The lowest BCUT2D eigenvalue weighted by atomic mass is 9.97. The van der Waals surface area contributed by atoms with Crippen molar-refractivity contribution in [2.75, 3.05) is 6.61 Å². The number of benzene rings is 1. The van der Waals surface area contributed by atoms with Crippen LogP contribution in [0.2, 0.25) is 0 Å². The second-order valence-corrected chi connectivity index (χ2v) is 5.07. The summed E-state index contributed by atoms with van der Waals surface area (Å²) in [7, 11) is 0.